The van der Waals surface area contributed by atoms with Crippen LogP contribution in [0, 0.1) is 6.92 Å². The Labute approximate surface area is 184 Å². The zero-order chi connectivity index (χ0) is 21.8. The van der Waals surface area contributed by atoms with Gasteiger partial charge in [0.2, 0.25) is 5.91 Å². The van der Waals surface area contributed by atoms with Crippen molar-refractivity contribution in [2.45, 2.75) is 50.9 Å². The first kappa shape index (κ1) is 22.4. The Hall–Kier alpha value is -2.32. The molecule has 3 rings (SSSR count). The van der Waals surface area contributed by atoms with Gasteiger partial charge in [-0.3, -0.25) is 14.2 Å². The van der Waals surface area contributed by atoms with Gasteiger partial charge >= 0.3 is 0 Å². The summed E-state index contributed by atoms with van der Waals surface area (Å²) in [5.74, 6) is 0.650. The van der Waals surface area contributed by atoms with Gasteiger partial charge in [0.25, 0.3) is 5.56 Å². The molecule has 1 amide bonds. The van der Waals surface area contributed by atoms with E-state index < -0.39 is 0 Å². The maximum Gasteiger partial charge on any atom is 0.267 e. The van der Waals surface area contributed by atoms with E-state index in [0.717, 1.165) is 28.1 Å². The summed E-state index contributed by atoms with van der Waals surface area (Å²) < 4.78 is 6.86. The minimum atomic E-state index is -0.378. The molecule has 2 aromatic heterocycles. The number of hydrogen-bond acceptors (Lipinski definition) is 6. The number of rotatable bonds is 8. The smallest absolute Gasteiger partial charge is 0.267 e. The van der Waals surface area contributed by atoms with Gasteiger partial charge in [-0.25, -0.2) is 4.98 Å². The third-order valence-electron chi connectivity index (χ3n) is 4.88. The lowest BCUT2D eigenvalue weighted by molar-refractivity contribution is -0.120. The Bertz CT molecular complexity index is 1100. The molecule has 0 unspecified atom stereocenters. The first-order valence-electron chi connectivity index (χ1n) is 10.0. The molecule has 0 aliphatic carbocycles. The number of carbonyl (C=O) groups is 1. The molecule has 3 aromatic rings. The number of amides is 1. The molecular weight excluding hydrogens is 418 g/mol. The molecule has 0 bridgehead atoms. The Kier molecular flexibility index (Phi) is 7.20. The highest BCUT2D eigenvalue weighted by Gasteiger charge is 2.22. The van der Waals surface area contributed by atoms with E-state index in [1.54, 1.807) is 11.7 Å². The SMILES string of the molecule is CCCNC(=O)[C@H](C)Sc1nc2sc(C)c(CC)c2c(=O)n1-c1ccc(OC)cc1. The zero-order valence-electron chi connectivity index (χ0n) is 17.9. The van der Waals surface area contributed by atoms with Gasteiger partial charge in [-0.05, 0) is 56.5 Å². The lowest BCUT2D eigenvalue weighted by Gasteiger charge is -2.16. The van der Waals surface area contributed by atoms with Crippen molar-refractivity contribution >= 4 is 39.2 Å². The summed E-state index contributed by atoms with van der Waals surface area (Å²) in [6.45, 7) is 8.55. The van der Waals surface area contributed by atoms with Crippen molar-refractivity contribution in [3.05, 3.63) is 45.1 Å². The molecule has 1 atom stereocenters. The number of aryl methyl sites for hydroxylation is 2. The fourth-order valence-corrected chi connectivity index (χ4v) is 5.37. The van der Waals surface area contributed by atoms with Gasteiger partial charge in [0.1, 0.15) is 10.6 Å². The third-order valence-corrected chi connectivity index (χ3v) is 6.97. The second kappa shape index (κ2) is 9.66. The molecule has 30 heavy (non-hydrogen) atoms. The Balaban J connectivity index is 2.16. The molecule has 6 nitrogen and oxygen atoms in total. The highest BCUT2D eigenvalue weighted by atomic mass is 32.2. The molecule has 0 aliphatic heterocycles. The molecule has 0 aliphatic rings. The van der Waals surface area contributed by atoms with Crippen LogP contribution in [-0.4, -0.2) is 34.4 Å². The van der Waals surface area contributed by atoms with Crippen LogP contribution >= 0.6 is 23.1 Å². The van der Waals surface area contributed by atoms with E-state index in [0.29, 0.717) is 28.5 Å². The first-order chi connectivity index (χ1) is 14.4. The number of fused-ring (bicyclic) bond motifs is 1. The second-order valence-electron chi connectivity index (χ2n) is 6.95. The molecule has 0 fully saturated rings. The number of aromatic nitrogens is 2. The van der Waals surface area contributed by atoms with Gasteiger partial charge in [-0.1, -0.05) is 25.6 Å². The molecule has 1 N–H and O–H groups in total. The number of nitrogens with one attached hydrogen (secondary N) is 1. The lowest BCUT2D eigenvalue weighted by atomic mass is 10.1. The normalized spacial score (nSPS) is 12.2. The summed E-state index contributed by atoms with van der Waals surface area (Å²) in [7, 11) is 1.61. The Morgan fingerprint density at radius 3 is 2.60 bits per heavy atom. The molecular formula is C22H27N3O3S2. The summed E-state index contributed by atoms with van der Waals surface area (Å²) in [5.41, 5.74) is 1.64. The van der Waals surface area contributed by atoms with Crippen LogP contribution in [0.3, 0.4) is 0 Å². The van der Waals surface area contributed by atoms with E-state index in [1.165, 1.54) is 23.1 Å². The summed E-state index contributed by atoms with van der Waals surface area (Å²) >= 11 is 2.83. The van der Waals surface area contributed by atoms with E-state index >= 15 is 0 Å². The van der Waals surface area contributed by atoms with Gasteiger partial charge in [-0.15, -0.1) is 11.3 Å². The average Bonchev–Trinajstić information content (AvgIpc) is 3.07. The van der Waals surface area contributed by atoms with Crippen LogP contribution in [0.15, 0.2) is 34.2 Å². The van der Waals surface area contributed by atoms with Crippen LogP contribution in [0.5, 0.6) is 5.75 Å². The molecule has 0 spiro atoms. The van der Waals surface area contributed by atoms with Gasteiger partial charge in [-0.2, -0.15) is 0 Å². The Morgan fingerprint density at radius 1 is 1.30 bits per heavy atom. The minimum Gasteiger partial charge on any atom is -0.497 e. The standard InChI is InChI=1S/C22H27N3O3S2/c1-6-12-23-19(26)14(4)30-22-24-20-18(17(7-2)13(3)29-20)21(27)25(22)15-8-10-16(28-5)11-9-15/h8-11,14H,6-7,12H2,1-5H3,(H,23,26)/t14-/m0/s1. The second-order valence-corrected chi connectivity index (χ2v) is 9.47. The number of benzene rings is 1. The quantitative estimate of drug-likeness (QED) is 0.413. The van der Waals surface area contributed by atoms with Gasteiger partial charge in [0, 0.05) is 11.4 Å². The number of hydrogen-bond donors (Lipinski definition) is 1. The zero-order valence-corrected chi connectivity index (χ0v) is 19.6. The number of thiophene rings is 1. The number of ether oxygens (including phenoxy) is 1. The molecule has 160 valence electrons. The summed E-state index contributed by atoms with van der Waals surface area (Å²) in [6.07, 6.45) is 1.64. The van der Waals surface area contributed by atoms with Crippen LogP contribution in [0.2, 0.25) is 0 Å². The van der Waals surface area contributed by atoms with Gasteiger partial charge in [0.15, 0.2) is 5.16 Å². The topological polar surface area (TPSA) is 73.2 Å². The van der Waals surface area contributed by atoms with Crippen LogP contribution in [0.25, 0.3) is 15.9 Å². The first-order valence-corrected chi connectivity index (χ1v) is 11.7. The largest absolute Gasteiger partial charge is 0.497 e. The van der Waals surface area contributed by atoms with Crippen molar-refractivity contribution in [1.82, 2.24) is 14.9 Å². The highest BCUT2D eigenvalue weighted by molar-refractivity contribution is 8.00. The van der Waals surface area contributed by atoms with Gasteiger partial charge in [0.05, 0.1) is 23.4 Å². The number of carbonyl (C=O) groups excluding carboxylic acids is 1. The fraction of sp³-hybridized carbons (Fsp3) is 0.409. The number of thioether (sulfide) groups is 1. The summed E-state index contributed by atoms with van der Waals surface area (Å²) in [6, 6.07) is 7.31. The van der Waals surface area contributed by atoms with Crippen molar-refractivity contribution in [3.63, 3.8) is 0 Å². The van der Waals surface area contributed by atoms with Crippen molar-refractivity contribution in [3.8, 4) is 11.4 Å². The van der Waals surface area contributed by atoms with Crippen molar-refractivity contribution in [2.24, 2.45) is 0 Å². The Morgan fingerprint density at radius 2 is 2.00 bits per heavy atom. The highest BCUT2D eigenvalue weighted by Crippen LogP contribution is 2.32. The van der Waals surface area contributed by atoms with Gasteiger partial charge < -0.3 is 10.1 Å². The third kappa shape index (κ3) is 4.39. The van der Waals surface area contributed by atoms with Crippen LogP contribution < -0.4 is 15.6 Å². The average molecular weight is 446 g/mol. The van der Waals surface area contributed by atoms with Crippen molar-refractivity contribution < 1.29 is 9.53 Å². The van der Waals surface area contributed by atoms with Crippen molar-refractivity contribution in [1.29, 1.82) is 0 Å². The number of nitrogens with zero attached hydrogens (tertiary/aromatic N) is 2. The minimum absolute atomic E-state index is 0.0610. The van der Waals surface area contributed by atoms with Crippen LogP contribution in [0.1, 0.15) is 37.6 Å². The van der Waals surface area contributed by atoms with E-state index in [2.05, 4.69) is 12.2 Å². The monoisotopic (exact) mass is 445 g/mol. The van der Waals surface area contributed by atoms with E-state index in [-0.39, 0.29) is 16.7 Å². The number of methoxy groups -OCH3 is 1. The van der Waals surface area contributed by atoms with Crippen LogP contribution in [-0.2, 0) is 11.2 Å². The maximum absolute atomic E-state index is 13.6. The van der Waals surface area contributed by atoms with Crippen LogP contribution in [0.4, 0.5) is 0 Å². The molecule has 1 aromatic carbocycles. The van der Waals surface area contributed by atoms with E-state index in [9.17, 15) is 9.59 Å². The molecule has 0 saturated heterocycles. The van der Waals surface area contributed by atoms with E-state index in [4.69, 9.17) is 9.72 Å². The fourth-order valence-electron chi connectivity index (χ4n) is 3.26. The predicted molar refractivity (Wildman–Crippen MR) is 125 cm³/mol. The summed E-state index contributed by atoms with van der Waals surface area (Å²) in [5, 5.41) is 3.72. The molecule has 2 heterocycles. The predicted octanol–water partition coefficient (Wildman–Crippen LogP) is 4.33. The molecule has 0 saturated carbocycles. The molecule has 0 radical (unpaired) electrons. The maximum atomic E-state index is 13.6. The van der Waals surface area contributed by atoms with E-state index in [1.807, 2.05) is 45.0 Å². The summed E-state index contributed by atoms with van der Waals surface area (Å²) in [4.78, 5) is 32.7. The van der Waals surface area contributed by atoms with Crippen molar-refractivity contribution in [2.75, 3.05) is 13.7 Å². The molecule has 8 heteroatoms. The lowest BCUT2D eigenvalue weighted by Crippen LogP contribution is -2.32.